The molecule has 1 aliphatic carbocycles. The van der Waals surface area contributed by atoms with Crippen molar-refractivity contribution in [2.45, 2.75) is 30.7 Å². The summed E-state index contributed by atoms with van der Waals surface area (Å²) in [5, 5.41) is 0.524. The first-order valence-electron chi connectivity index (χ1n) is 6.98. The van der Waals surface area contributed by atoms with Crippen molar-refractivity contribution in [2.24, 2.45) is 5.73 Å². The highest BCUT2D eigenvalue weighted by Gasteiger charge is 2.63. The van der Waals surface area contributed by atoms with Gasteiger partial charge in [-0.05, 0) is 42.4 Å². The molecular weight excluding hydrogens is 325 g/mol. The third-order valence-electron chi connectivity index (χ3n) is 4.76. The number of hydrogen-bond acceptors (Lipinski definition) is 2. The van der Waals surface area contributed by atoms with Crippen molar-refractivity contribution >= 4 is 29.7 Å². The molecule has 1 aliphatic heterocycles. The molecule has 2 heterocycles. The van der Waals surface area contributed by atoms with Crippen LogP contribution in [0.1, 0.15) is 29.3 Å². The van der Waals surface area contributed by atoms with Crippen LogP contribution in [0.4, 0.5) is 4.39 Å². The number of H-pyrrole nitrogens is 1. The normalized spacial score (nSPS) is 24.9. The van der Waals surface area contributed by atoms with Gasteiger partial charge < -0.3 is 15.3 Å². The molecule has 0 unspecified atom stereocenters. The molecule has 22 heavy (non-hydrogen) atoms. The number of amides is 1. The van der Waals surface area contributed by atoms with E-state index >= 15 is 0 Å². The lowest BCUT2D eigenvalue weighted by Crippen LogP contribution is -2.15. The number of rotatable bonds is 3. The van der Waals surface area contributed by atoms with E-state index in [4.69, 9.17) is 29.6 Å². The molecule has 0 spiro atoms. The van der Waals surface area contributed by atoms with Crippen LogP contribution in [-0.4, -0.2) is 15.5 Å². The second-order valence-electron chi connectivity index (χ2n) is 6.06. The third kappa shape index (κ3) is 1.80. The summed E-state index contributed by atoms with van der Waals surface area (Å²) >= 11 is 11.4. The number of nitrogens with zero attached hydrogens (tertiary/aromatic N) is 1. The van der Waals surface area contributed by atoms with Crippen molar-refractivity contribution in [3.05, 3.63) is 50.8 Å². The van der Waals surface area contributed by atoms with Gasteiger partial charge in [0.1, 0.15) is 5.82 Å². The van der Waals surface area contributed by atoms with E-state index in [0.717, 1.165) is 17.8 Å². The Kier molecular flexibility index (Phi) is 2.81. The van der Waals surface area contributed by atoms with Crippen LogP contribution < -0.4 is 5.73 Å². The summed E-state index contributed by atoms with van der Waals surface area (Å²) in [6.07, 6.45) is 0.958. The van der Waals surface area contributed by atoms with Crippen LogP contribution in [-0.2, 0) is 23.2 Å². The number of nitrogens with two attached hydrogens (primary N) is 1. The van der Waals surface area contributed by atoms with E-state index in [1.165, 1.54) is 6.07 Å². The molecular formula is C15H13ClFN3OS. The van der Waals surface area contributed by atoms with Crippen LogP contribution in [0.15, 0.2) is 18.2 Å². The Morgan fingerprint density at radius 3 is 3.09 bits per heavy atom. The molecule has 1 amide bonds. The van der Waals surface area contributed by atoms with Crippen LogP contribution in [0, 0.1) is 10.6 Å². The molecule has 1 aromatic heterocycles. The third-order valence-corrected chi connectivity index (χ3v) is 5.32. The first-order valence-corrected chi connectivity index (χ1v) is 7.76. The fourth-order valence-corrected chi connectivity index (χ4v) is 4.24. The molecule has 0 bridgehead atoms. The SMILES string of the molecule is NC(=O)Cc1[nH]c(=S)n2c1[C@@H]1C[C@]1(c1cc(Cl)ccc1F)C2. The standard InChI is InChI=1S/C15H13ClFN3OS/c16-7-1-2-10(17)8(3-7)15-5-9(15)13-11(4-12(18)21)19-14(22)20(13)6-15/h1-3,9H,4-6H2,(H2,18,21)(H,19,22)/t9-,15+/m0/s1. The second kappa shape index (κ2) is 4.43. The van der Waals surface area contributed by atoms with Gasteiger partial charge in [0, 0.05) is 34.3 Å². The molecule has 0 radical (unpaired) electrons. The zero-order chi connectivity index (χ0) is 15.6. The molecule has 3 N–H and O–H groups in total. The van der Waals surface area contributed by atoms with E-state index in [1.807, 2.05) is 4.57 Å². The van der Waals surface area contributed by atoms with Crippen molar-refractivity contribution in [1.29, 1.82) is 0 Å². The maximum Gasteiger partial charge on any atom is 0.223 e. The highest BCUT2D eigenvalue weighted by Crippen LogP contribution is 2.66. The number of fused-ring (bicyclic) bond motifs is 3. The number of aromatic nitrogens is 2. The predicted octanol–water partition coefficient (Wildman–Crippen LogP) is 2.80. The summed E-state index contributed by atoms with van der Waals surface area (Å²) < 4.78 is 16.8. The predicted molar refractivity (Wildman–Crippen MR) is 83.0 cm³/mol. The van der Waals surface area contributed by atoms with Crippen molar-refractivity contribution in [3.8, 4) is 0 Å². The van der Waals surface area contributed by atoms with Gasteiger partial charge in [-0.2, -0.15) is 0 Å². The molecule has 4 nitrogen and oxygen atoms in total. The molecule has 1 saturated carbocycles. The van der Waals surface area contributed by atoms with Gasteiger partial charge in [0.2, 0.25) is 5.91 Å². The minimum absolute atomic E-state index is 0.122. The summed E-state index contributed by atoms with van der Waals surface area (Å²) in [6.45, 7) is 0.609. The van der Waals surface area contributed by atoms with Gasteiger partial charge in [0.05, 0.1) is 6.42 Å². The lowest BCUT2D eigenvalue weighted by atomic mass is 9.93. The van der Waals surface area contributed by atoms with Gasteiger partial charge in [-0.25, -0.2) is 4.39 Å². The number of aromatic amines is 1. The smallest absolute Gasteiger partial charge is 0.223 e. The molecule has 2 aliphatic rings. The van der Waals surface area contributed by atoms with Crippen LogP contribution in [0.25, 0.3) is 0 Å². The van der Waals surface area contributed by atoms with Crippen molar-refractivity contribution in [1.82, 2.24) is 9.55 Å². The number of benzene rings is 1. The molecule has 1 aromatic carbocycles. The summed E-state index contributed by atoms with van der Waals surface area (Å²) in [6, 6.07) is 4.65. The minimum Gasteiger partial charge on any atom is -0.369 e. The number of imidazole rings is 1. The van der Waals surface area contributed by atoms with Crippen LogP contribution in [0.2, 0.25) is 5.02 Å². The molecule has 7 heteroatoms. The van der Waals surface area contributed by atoms with E-state index in [9.17, 15) is 9.18 Å². The Morgan fingerprint density at radius 2 is 2.36 bits per heavy atom. The van der Waals surface area contributed by atoms with Crippen LogP contribution in [0.3, 0.4) is 0 Å². The zero-order valence-electron chi connectivity index (χ0n) is 11.5. The first-order chi connectivity index (χ1) is 10.4. The van der Waals surface area contributed by atoms with Crippen LogP contribution >= 0.6 is 23.8 Å². The number of carbonyl (C=O) groups excluding carboxylic acids is 1. The van der Waals surface area contributed by atoms with Gasteiger partial charge in [-0.3, -0.25) is 4.79 Å². The number of carbonyl (C=O) groups is 1. The Morgan fingerprint density at radius 1 is 1.59 bits per heavy atom. The van der Waals surface area contributed by atoms with E-state index in [0.29, 0.717) is 21.9 Å². The van der Waals surface area contributed by atoms with E-state index < -0.39 is 5.91 Å². The van der Waals surface area contributed by atoms with E-state index in [2.05, 4.69) is 4.98 Å². The molecule has 0 saturated heterocycles. The average molecular weight is 338 g/mol. The van der Waals surface area contributed by atoms with Gasteiger partial charge in [0.25, 0.3) is 0 Å². The fourth-order valence-electron chi connectivity index (χ4n) is 3.78. The van der Waals surface area contributed by atoms with Gasteiger partial charge in [-0.15, -0.1) is 0 Å². The first kappa shape index (κ1) is 14.0. The van der Waals surface area contributed by atoms with Gasteiger partial charge >= 0.3 is 0 Å². The van der Waals surface area contributed by atoms with Crippen molar-refractivity contribution in [3.63, 3.8) is 0 Å². The quantitative estimate of drug-likeness (QED) is 0.846. The maximum atomic E-state index is 14.3. The number of halogens is 2. The largest absolute Gasteiger partial charge is 0.369 e. The molecule has 2 aromatic rings. The summed E-state index contributed by atoms with van der Waals surface area (Å²) in [5.74, 6) is -0.501. The number of primary amides is 1. The number of hydrogen-bond donors (Lipinski definition) is 2. The minimum atomic E-state index is -0.410. The van der Waals surface area contributed by atoms with E-state index in [-0.39, 0.29) is 23.6 Å². The lowest BCUT2D eigenvalue weighted by Gasteiger charge is -2.14. The Hall–Kier alpha value is -1.66. The molecule has 2 atom stereocenters. The zero-order valence-corrected chi connectivity index (χ0v) is 13.1. The van der Waals surface area contributed by atoms with Crippen molar-refractivity contribution in [2.75, 3.05) is 0 Å². The van der Waals surface area contributed by atoms with Crippen molar-refractivity contribution < 1.29 is 9.18 Å². The maximum absolute atomic E-state index is 14.3. The Bertz CT molecular complexity index is 874. The van der Waals surface area contributed by atoms with Gasteiger partial charge in [0.15, 0.2) is 4.77 Å². The summed E-state index contributed by atoms with van der Waals surface area (Å²) in [7, 11) is 0. The Balaban J connectivity index is 1.80. The Labute approximate surface area is 136 Å². The second-order valence-corrected chi connectivity index (χ2v) is 6.88. The highest BCUT2D eigenvalue weighted by atomic mass is 35.5. The van der Waals surface area contributed by atoms with Crippen LogP contribution in [0.5, 0.6) is 0 Å². The topological polar surface area (TPSA) is 63.8 Å². The molecule has 114 valence electrons. The summed E-state index contributed by atoms with van der Waals surface area (Å²) in [4.78, 5) is 14.3. The molecule has 1 fully saturated rings. The van der Waals surface area contributed by atoms with Gasteiger partial charge in [-0.1, -0.05) is 11.6 Å². The lowest BCUT2D eigenvalue weighted by molar-refractivity contribution is -0.117. The van der Waals surface area contributed by atoms with E-state index in [1.54, 1.807) is 12.1 Å². The molecule has 4 rings (SSSR count). The number of nitrogens with one attached hydrogen (secondary N) is 1. The average Bonchev–Trinajstić information content (AvgIpc) is 2.94. The fraction of sp³-hybridized carbons (Fsp3) is 0.333. The summed E-state index contributed by atoms with van der Waals surface area (Å²) in [5.41, 5.74) is 7.38. The highest BCUT2D eigenvalue weighted by molar-refractivity contribution is 7.71. The monoisotopic (exact) mass is 337 g/mol.